The third-order valence-electron chi connectivity index (χ3n) is 8.27. The molecule has 4 aromatic rings. The molecule has 2 amide bonds. The molecule has 1 aromatic heterocycles. The van der Waals surface area contributed by atoms with Gasteiger partial charge in [-0.25, -0.2) is 4.68 Å². The summed E-state index contributed by atoms with van der Waals surface area (Å²) in [5, 5.41) is 12.5. The first-order chi connectivity index (χ1) is 23.1. The number of nitrogens with one attached hydrogen (secondary N) is 2. The third kappa shape index (κ3) is 7.50. The first-order valence-corrected chi connectivity index (χ1v) is 17.7. The number of allylic oxidation sites excluding steroid dienone is 1. The highest BCUT2D eigenvalue weighted by Gasteiger charge is 2.36. The zero-order valence-electron chi connectivity index (χ0n) is 27.7. The van der Waals surface area contributed by atoms with Gasteiger partial charge in [-0.2, -0.15) is 4.98 Å². The van der Waals surface area contributed by atoms with E-state index in [2.05, 4.69) is 26.6 Å². The number of thioether (sulfide) groups is 1. The van der Waals surface area contributed by atoms with E-state index in [1.165, 1.54) is 18.9 Å². The van der Waals surface area contributed by atoms with Crippen LogP contribution in [0.15, 0.2) is 75.5 Å². The average molecular weight is 754 g/mol. The van der Waals surface area contributed by atoms with Crippen LogP contribution in [0.5, 0.6) is 11.5 Å². The number of ether oxygens (including phenoxy) is 2. The van der Waals surface area contributed by atoms with Crippen LogP contribution in [0.4, 0.5) is 11.6 Å². The number of anilines is 2. The van der Waals surface area contributed by atoms with E-state index < -0.39 is 6.04 Å². The van der Waals surface area contributed by atoms with Crippen LogP contribution in [0.1, 0.15) is 49.1 Å². The normalized spacial score (nSPS) is 13.9. The predicted molar refractivity (Wildman–Crippen MR) is 194 cm³/mol. The van der Waals surface area contributed by atoms with Crippen molar-refractivity contribution in [3.63, 3.8) is 0 Å². The predicted octanol–water partition coefficient (Wildman–Crippen LogP) is 7.79. The van der Waals surface area contributed by atoms with Crippen LogP contribution in [-0.4, -0.2) is 58.3 Å². The molecule has 252 valence electrons. The van der Waals surface area contributed by atoms with E-state index >= 15 is 0 Å². The summed E-state index contributed by atoms with van der Waals surface area (Å²) in [5.41, 5.74) is 5.52. The number of aromatic nitrogens is 3. The van der Waals surface area contributed by atoms with Gasteiger partial charge in [0.25, 0.3) is 11.8 Å². The van der Waals surface area contributed by atoms with Crippen molar-refractivity contribution < 1.29 is 19.1 Å². The summed E-state index contributed by atoms with van der Waals surface area (Å²) in [6.07, 6.45) is 0. The number of hydrogen-bond donors (Lipinski definition) is 2. The number of amides is 2. The number of halogens is 2. The molecule has 0 aliphatic carbocycles. The fourth-order valence-corrected chi connectivity index (χ4v) is 7.16. The Kier molecular flexibility index (Phi) is 11.4. The molecule has 48 heavy (non-hydrogen) atoms. The molecule has 0 saturated heterocycles. The highest BCUT2D eigenvalue weighted by Crippen LogP contribution is 2.43. The van der Waals surface area contributed by atoms with Crippen LogP contribution in [0.25, 0.3) is 0 Å². The molecule has 0 bridgehead atoms. The third-order valence-corrected chi connectivity index (χ3v) is 10.1. The molecular weight excluding hydrogens is 716 g/mol. The lowest BCUT2D eigenvalue weighted by Gasteiger charge is -2.29. The van der Waals surface area contributed by atoms with Gasteiger partial charge in [0, 0.05) is 35.2 Å². The minimum atomic E-state index is -0.690. The minimum absolute atomic E-state index is 0.130. The van der Waals surface area contributed by atoms with Gasteiger partial charge in [-0.05, 0) is 97.1 Å². The molecular formula is C35H38BrClN6O4S. The maximum Gasteiger partial charge on any atom is 0.260 e. The molecule has 10 nitrogen and oxygen atoms in total. The van der Waals surface area contributed by atoms with Gasteiger partial charge in [0.2, 0.25) is 11.1 Å². The van der Waals surface area contributed by atoms with E-state index in [9.17, 15) is 9.59 Å². The van der Waals surface area contributed by atoms with Crippen molar-refractivity contribution in [2.45, 2.75) is 51.6 Å². The topological polar surface area (TPSA) is 111 Å². The Labute approximate surface area is 298 Å². The Hall–Kier alpha value is -4.00. The molecule has 1 aliphatic rings. The molecule has 1 unspecified atom stereocenters. The van der Waals surface area contributed by atoms with Gasteiger partial charge in [0.05, 0.1) is 17.2 Å². The van der Waals surface area contributed by atoms with Gasteiger partial charge in [0.1, 0.15) is 6.04 Å². The maximum atomic E-state index is 14.2. The summed E-state index contributed by atoms with van der Waals surface area (Å²) >= 11 is 11.5. The molecule has 13 heteroatoms. The second kappa shape index (κ2) is 15.5. The molecule has 0 fully saturated rings. The highest BCUT2D eigenvalue weighted by atomic mass is 79.9. The molecule has 3 aromatic carbocycles. The van der Waals surface area contributed by atoms with Crippen molar-refractivity contribution in [1.82, 2.24) is 19.7 Å². The van der Waals surface area contributed by atoms with Gasteiger partial charge in [0.15, 0.2) is 18.1 Å². The van der Waals surface area contributed by atoms with Gasteiger partial charge < -0.3 is 25.0 Å². The number of methoxy groups -OCH3 is 1. The Morgan fingerprint density at radius 2 is 1.85 bits per heavy atom. The summed E-state index contributed by atoms with van der Waals surface area (Å²) in [5.74, 6) is 1.42. The SMILES string of the molecule is CCN(CC)C(=O)COc1c(Br)cc(C2C(C(=O)Nc3cccc(C)c3C)=C(C)Nc3nc(SCc4ccccc4Cl)nn32)cc1OC. The Balaban J connectivity index is 1.54. The number of carbonyl (C=O) groups excluding carboxylic acids is 2. The van der Waals surface area contributed by atoms with Crippen molar-refractivity contribution >= 4 is 62.7 Å². The zero-order chi connectivity index (χ0) is 34.5. The number of aryl methyl sites for hydroxylation is 1. The van der Waals surface area contributed by atoms with Gasteiger partial charge >= 0.3 is 0 Å². The zero-order valence-corrected chi connectivity index (χ0v) is 30.8. The molecule has 1 aliphatic heterocycles. The molecule has 2 N–H and O–H groups in total. The van der Waals surface area contributed by atoms with Crippen LogP contribution in [0.3, 0.4) is 0 Å². The Bertz CT molecular complexity index is 1880. The van der Waals surface area contributed by atoms with E-state index in [1.54, 1.807) is 15.6 Å². The monoisotopic (exact) mass is 752 g/mol. The van der Waals surface area contributed by atoms with E-state index in [-0.39, 0.29) is 18.4 Å². The fraction of sp³-hybridized carbons (Fsp3) is 0.314. The molecule has 0 saturated carbocycles. The van der Waals surface area contributed by atoms with Gasteiger partial charge in [-0.3, -0.25) is 9.59 Å². The van der Waals surface area contributed by atoms with E-state index in [0.717, 1.165) is 22.4 Å². The van der Waals surface area contributed by atoms with Crippen molar-refractivity contribution in [3.8, 4) is 11.5 Å². The summed E-state index contributed by atoms with van der Waals surface area (Å²) in [7, 11) is 1.53. The van der Waals surface area contributed by atoms with E-state index in [1.807, 2.05) is 83.1 Å². The van der Waals surface area contributed by atoms with Crippen molar-refractivity contribution in [1.29, 1.82) is 0 Å². The first-order valence-electron chi connectivity index (χ1n) is 15.5. The summed E-state index contributed by atoms with van der Waals surface area (Å²) in [6, 6.07) is 16.4. The lowest BCUT2D eigenvalue weighted by molar-refractivity contribution is -0.133. The maximum absolute atomic E-state index is 14.2. The van der Waals surface area contributed by atoms with Crippen molar-refractivity contribution in [2.24, 2.45) is 0 Å². The molecule has 0 spiro atoms. The lowest BCUT2D eigenvalue weighted by Crippen LogP contribution is -2.34. The quantitative estimate of drug-likeness (QED) is 0.141. The number of hydrogen-bond acceptors (Lipinski definition) is 8. The Morgan fingerprint density at radius 3 is 2.56 bits per heavy atom. The number of likely N-dealkylation sites (N-methyl/N-ethyl adjacent to an activating group) is 1. The average Bonchev–Trinajstić information content (AvgIpc) is 3.47. The molecule has 5 rings (SSSR count). The first kappa shape index (κ1) is 35.3. The van der Waals surface area contributed by atoms with Crippen LogP contribution in [-0.2, 0) is 15.3 Å². The number of fused-ring (bicyclic) bond motifs is 1. The number of carbonyl (C=O) groups is 2. The van der Waals surface area contributed by atoms with Crippen LogP contribution in [0.2, 0.25) is 5.02 Å². The summed E-state index contributed by atoms with van der Waals surface area (Å²) < 4.78 is 14.0. The number of nitrogens with zero attached hydrogens (tertiary/aromatic N) is 4. The summed E-state index contributed by atoms with van der Waals surface area (Å²) in [6.45, 7) is 10.7. The summed E-state index contributed by atoms with van der Waals surface area (Å²) in [4.78, 5) is 33.4. The second-order valence-corrected chi connectivity index (χ2v) is 13.4. The molecule has 2 heterocycles. The van der Waals surface area contributed by atoms with E-state index in [0.29, 0.717) is 67.8 Å². The van der Waals surface area contributed by atoms with Crippen LogP contribution in [0, 0.1) is 13.8 Å². The van der Waals surface area contributed by atoms with Crippen LogP contribution < -0.4 is 20.1 Å². The van der Waals surface area contributed by atoms with Gasteiger partial charge in [-0.1, -0.05) is 53.7 Å². The lowest BCUT2D eigenvalue weighted by atomic mass is 9.94. The van der Waals surface area contributed by atoms with Crippen LogP contribution >= 0.6 is 39.3 Å². The van der Waals surface area contributed by atoms with E-state index in [4.69, 9.17) is 31.2 Å². The Morgan fingerprint density at radius 1 is 1.10 bits per heavy atom. The number of benzene rings is 3. The molecule has 1 atom stereocenters. The molecule has 0 radical (unpaired) electrons. The second-order valence-electron chi connectivity index (χ2n) is 11.2. The minimum Gasteiger partial charge on any atom is -0.493 e. The van der Waals surface area contributed by atoms with Crippen molar-refractivity contribution in [3.05, 3.63) is 97.6 Å². The van der Waals surface area contributed by atoms with Crippen molar-refractivity contribution in [2.75, 3.05) is 37.4 Å². The largest absolute Gasteiger partial charge is 0.493 e. The number of rotatable bonds is 12. The smallest absolute Gasteiger partial charge is 0.260 e. The standard InChI is InChI=1S/C35H38BrClN6O4S/c1-7-42(8-2)29(44)18-47-32-25(36)16-24(17-28(32)46-6)31-30(33(45)39-27-15-11-12-20(3)21(27)4)22(5)38-34-40-35(41-43(31)34)48-19-23-13-9-10-14-26(23)37/h9-17,31H,7-8,18-19H2,1-6H3,(H,39,45)(H,38,40,41). The fourth-order valence-electron chi connectivity index (χ4n) is 5.47. The van der Waals surface area contributed by atoms with Gasteiger partial charge in [-0.15, -0.1) is 5.10 Å². The highest BCUT2D eigenvalue weighted by molar-refractivity contribution is 9.10.